The van der Waals surface area contributed by atoms with Gasteiger partial charge in [0.2, 0.25) is 5.91 Å². The van der Waals surface area contributed by atoms with Gasteiger partial charge in [0.1, 0.15) is 6.61 Å². The Bertz CT molecular complexity index is 1040. The lowest BCUT2D eigenvalue weighted by molar-refractivity contribution is -0.120. The number of amides is 1. The first-order valence-electron chi connectivity index (χ1n) is 9.19. The molecule has 0 aliphatic heterocycles. The zero-order valence-electron chi connectivity index (χ0n) is 16.3. The van der Waals surface area contributed by atoms with Crippen LogP contribution in [0, 0.1) is 0 Å². The van der Waals surface area contributed by atoms with Gasteiger partial charge in [-0.2, -0.15) is 5.10 Å². The lowest BCUT2D eigenvalue weighted by Crippen LogP contribution is -2.19. The summed E-state index contributed by atoms with van der Waals surface area (Å²) in [6, 6.07) is 12.9. The average Bonchev–Trinajstić information content (AvgIpc) is 3.12. The van der Waals surface area contributed by atoms with Crippen molar-refractivity contribution in [1.29, 1.82) is 0 Å². The van der Waals surface area contributed by atoms with Crippen LogP contribution < -0.4 is 20.6 Å². The number of hydrogen-bond acceptors (Lipinski definition) is 7. The standard InChI is InChI=1S/C21H21ClN4O3S/c1-2-28-19-9-14(11-24-26-20(27)10-17-13-30-21(23)25-17)6-7-18(19)29-12-15-4-3-5-16(22)8-15/h3-9,11,13H,2,10,12H2,1H3,(H2,23,25)(H,26,27)/b24-11+. The Kier molecular flexibility index (Phi) is 7.64. The minimum atomic E-state index is -0.275. The number of rotatable bonds is 9. The number of hydrogen-bond donors (Lipinski definition) is 2. The van der Waals surface area contributed by atoms with E-state index in [-0.39, 0.29) is 12.3 Å². The maximum absolute atomic E-state index is 11.9. The fourth-order valence-electron chi connectivity index (χ4n) is 2.57. The number of hydrazone groups is 1. The van der Waals surface area contributed by atoms with Gasteiger partial charge in [-0.25, -0.2) is 10.4 Å². The highest BCUT2D eigenvalue weighted by Crippen LogP contribution is 2.29. The summed E-state index contributed by atoms with van der Waals surface area (Å²) in [5.41, 5.74) is 10.4. The third-order valence-corrected chi connectivity index (χ3v) is 4.82. The SMILES string of the molecule is CCOc1cc(/C=N/NC(=O)Cc2csc(N)n2)ccc1OCc1cccc(Cl)c1. The molecule has 156 valence electrons. The molecule has 0 spiro atoms. The zero-order chi connectivity index (χ0) is 21.3. The Morgan fingerprint density at radius 3 is 2.87 bits per heavy atom. The van der Waals surface area contributed by atoms with Crippen LogP contribution in [0.25, 0.3) is 0 Å². The highest BCUT2D eigenvalue weighted by atomic mass is 35.5. The van der Waals surface area contributed by atoms with Gasteiger partial charge in [-0.05, 0) is 48.4 Å². The molecule has 0 radical (unpaired) electrons. The molecule has 0 aliphatic carbocycles. The molecule has 30 heavy (non-hydrogen) atoms. The normalized spacial score (nSPS) is 10.9. The van der Waals surface area contributed by atoms with E-state index in [9.17, 15) is 4.79 Å². The second-order valence-electron chi connectivity index (χ2n) is 6.20. The first kappa shape index (κ1) is 21.6. The Morgan fingerprint density at radius 1 is 1.27 bits per heavy atom. The number of aromatic nitrogens is 1. The van der Waals surface area contributed by atoms with E-state index in [1.54, 1.807) is 17.5 Å². The van der Waals surface area contributed by atoms with Crippen LogP contribution in [-0.4, -0.2) is 23.7 Å². The summed E-state index contributed by atoms with van der Waals surface area (Å²) in [4.78, 5) is 16.0. The van der Waals surface area contributed by atoms with Crippen LogP contribution in [0.5, 0.6) is 11.5 Å². The van der Waals surface area contributed by atoms with Crippen molar-refractivity contribution in [2.75, 3.05) is 12.3 Å². The molecule has 0 fully saturated rings. The summed E-state index contributed by atoms with van der Waals surface area (Å²) in [6.07, 6.45) is 1.65. The zero-order valence-corrected chi connectivity index (χ0v) is 17.9. The van der Waals surface area contributed by atoms with Crippen LogP contribution in [0.4, 0.5) is 5.13 Å². The third kappa shape index (κ3) is 6.47. The van der Waals surface area contributed by atoms with E-state index in [4.69, 9.17) is 26.8 Å². The molecule has 0 bridgehead atoms. The summed E-state index contributed by atoms with van der Waals surface area (Å²) in [5.74, 6) is 0.926. The summed E-state index contributed by atoms with van der Waals surface area (Å²) in [6.45, 7) is 2.75. The highest BCUT2D eigenvalue weighted by molar-refractivity contribution is 7.13. The molecule has 7 nitrogen and oxygen atoms in total. The predicted octanol–water partition coefficient (Wildman–Crippen LogP) is 4.05. The van der Waals surface area contributed by atoms with Gasteiger partial charge in [0.15, 0.2) is 16.6 Å². The predicted molar refractivity (Wildman–Crippen MR) is 119 cm³/mol. The molecule has 3 N–H and O–H groups in total. The Labute approximate surface area is 183 Å². The molecular formula is C21H21ClN4O3S. The molecular weight excluding hydrogens is 424 g/mol. The van der Waals surface area contributed by atoms with E-state index in [1.165, 1.54) is 17.6 Å². The van der Waals surface area contributed by atoms with Crippen molar-refractivity contribution in [3.05, 3.63) is 69.7 Å². The third-order valence-electron chi connectivity index (χ3n) is 3.87. The second kappa shape index (κ2) is 10.6. The maximum atomic E-state index is 11.9. The van der Waals surface area contributed by atoms with Crippen LogP contribution >= 0.6 is 22.9 Å². The number of nitrogens with zero attached hydrogens (tertiary/aromatic N) is 2. The summed E-state index contributed by atoms with van der Waals surface area (Å²) < 4.78 is 11.6. The number of nitrogen functional groups attached to an aromatic ring is 1. The number of nitrogens with two attached hydrogens (primary N) is 1. The van der Waals surface area contributed by atoms with Crippen LogP contribution in [0.2, 0.25) is 5.02 Å². The van der Waals surface area contributed by atoms with Gasteiger partial charge in [-0.15, -0.1) is 11.3 Å². The van der Waals surface area contributed by atoms with Crippen LogP contribution in [0.15, 0.2) is 52.9 Å². The van der Waals surface area contributed by atoms with E-state index in [0.29, 0.717) is 40.6 Å². The molecule has 0 saturated carbocycles. The monoisotopic (exact) mass is 444 g/mol. The Balaban J connectivity index is 1.60. The minimum Gasteiger partial charge on any atom is -0.490 e. The summed E-state index contributed by atoms with van der Waals surface area (Å²) in [5, 5.41) is 6.83. The summed E-state index contributed by atoms with van der Waals surface area (Å²) in [7, 11) is 0. The number of anilines is 1. The van der Waals surface area contributed by atoms with E-state index < -0.39 is 0 Å². The molecule has 1 aromatic heterocycles. The quantitative estimate of drug-likeness (QED) is 0.383. The molecule has 3 aromatic rings. The Hall–Kier alpha value is -3.10. The molecule has 0 aliphatic rings. The highest BCUT2D eigenvalue weighted by Gasteiger charge is 2.08. The number of benzene rings is 2. The van der Waals surface area contributed by atoms with Crippen LogP contribution in [0.3, 0.4) is 0 Å². The Morgan fingerprint density at radius 2 is 2.13 bits per heavy atom. The smallest absolute Gasteiger partial charge is 0.246 e. The van der Waals surface area contributed by atoms with Crippen molar-refractivity contribution in [2.24, 2.45) is 5.10 Å². The molecule has 3 rings (SSSR count). The van der Waals surface area contributed by atoms with Gasteiger partial charge in [0.05, 0.1) is 24.9 Å². The van der Waals surface area contributed by atoms with Gasteiger partial charge < -0.3 is 15.2 Å². The van der Waals surface area contributed by atoms with E-state index >= 15 is 0 Å². The maximum Gasteiger partial charge on any atom is 0.246 e. The van der Waals surface area contributed by atoms with Gasteiger partial charge in [0.25, 0.3) is 0 Å². The van der Waals surface area contributed by atoms with Crippen molar-refractivity contribution in [3.63, 3.8) is 0 Å². The number of thiazole rings is 1. The molecule has 0 saturated heterocycles. The van der Waals surface area contributed by atoms with Crippen molar-refractivity contribution in [2.45, 2.75) is 20.0 Å². The molecule has 9 heteroatoms. The fourth-order valence-corrected chi connectivity index (χ4v) is 3.34. The van der Waals surface area contributed by atoms with Crippen molar-refractivity contribution < 1.29 is 14.3 Å². The largest absolute Gasteiger partial charge is 0.490 e. The molecule has 1 amide bonds. The van der Waals surface area contributed by atoms with E-state index in [1.807, 2.05) is 37.3 Å². The first-order chi connectivity index (χ1) is 14.5. The van der Waals surface area contributed by atoms with Gasteiger partial charge >= 0.3 is 0 Å². The number of ether oxygens (including phenoxy) is 2. The molecule has 0 atom stereocenters. The van der Waals surface area contributed by atoms with Crippen molar-refractivity contribution >= 4 is 40.2 Å². The topological polar surface area (TPSA) is 98.8 Å². The second-order valence-corrected chi connectivity index (χ2v) is 7.53. The number of carbonyl (C=O) groups is 1. The van der Waals surface area contributed by atoms with Gasteiger partial charge in [-0.1, -0.05) is 23.7 Å². The van der Waals surface area contributed by atoms with Crippen molar-refractivity contribution in [1.82, 2.24) is 10.4 Å². The average molecular weight is 445 g/mol. The fraction of sp³-hybridized carbons (Fsp3) is 0.190. The number of carbonyl (C=O) groups excluding carboxylic acids is 1. The molecule has 1 heterocycles. The minimum absolute atomic E-state index is 0.117. The lowest BCUT2D eigenvalue weighted by atomic mass is 10.2. The van der Waals surface area contributed by atoms with E-state index in [2.05, 4.69) is 15.5 Å². The summed E-state index contributed by atoms with van der Waals surface area (Å²) >= 11 is 7.31. The van der Waals surface area contributed by atoms with E-state index in [0.717, 1.165) is 11.1 Å². The first-order valence-corrected chi connectivity index (χ1v) is 10.4. The molecule has 0 unspecified atom stereocenters. The molecule has 2 aromatic carbocycles. The number of halogens is 1. The van der Waals surface area contributed by atoms with Gasteiger partial charge in [0, 0.05) is 10.4 Å². The number of nitrogens with one attached hydrogen (secondary N) is 1. The lowest BCUT2D eigenvalue weighted by Gasteiger charge is -2.12. The van der Waals surface area contributed by atoms with Crippen LogP contribution in [0.1, 0.15) is 23.7 Å². The van der Waals surface area contributed by atoms with Gasteiger partial charge in [-0.3, -0.25) is 4.79 Å². The van der Waals surface area contributed by atoms with Crippen LogP contribution in [-0.2, 0) is 17.8 Å². The van der Waals surface area contributed by atoms with Crippen molar-refractivity contribution in [3.8, 4) is 11.5 Å².